The fraction of sp³-hybridized carbons (Fsp3) is 0.778. The number of aromatic nitrogens is 2. The number of nitrogen functional groups attached to an aromatic ring is 1. The van der Waals surface area contributed by atoms with Gasteiger partial charge < -0.3 is 5.73 Å². The minimum atomic E-state index is -3.56. The first-order chi connectivity index (χ1) is 7.99. The van der Waals surface area contributed by atoms with Gasteiger partial charge in [-0.15, -0.1) is 10.2 Å². The molecular formula is C9H16N4O2S2. The van der Waals surface area contributed by atoms with Crippen molar-refractivity contribution in [2.24, 2.45) is 5.92 Å². The zero-order chi connectivity index (χ0) is 12.5. The number of hydrogen-bond acceptors (Lipinski definition) is 6. The molecule has 17 heavy (non-hydrogen) atoms. The number of anilines is 1. The standard InChI is InChI=1S/C9H16N4O2S2/c1-6-4-2-3-5-7(6)13-17(14,15)9-12-11-8(10)16-9/h6-7,13H,2-5H2,1H3,(H2,10,11). The van der Waals surface area contributed by atoms with Gasteiger partial charge >= 0.3 is 0 Å². The molecule has 96 valence electrons. The largest absolute Gasteiger partial charge is 0.374 e. The quantitative estimate of drug-likeness (QED) is 0.857. The van der Waals surface area contributed by atoms with Crippen molar-refractivity contribution >= 4 is 26.5 Å². The van der Waals surface area contributed by atoms with E-state index in [0.717, 1.165) is 30.6 Å². The summed E-state index contributed by atoms with van der Waals surface area (Å²) in [7, 11) is -3.56. The van der Waals surface area contributed by atoms with Crippen LogP contribution in [-0.4, -0.2) is 24.7 Å². The van der Waals surface area contributed by atoms with Crippen molar-refractivity contribution in [2.75, 3.05) is 5.73 Å². The van der Waals surface area contributed by atoms with Gasteiger partial charge in [0, 0.05) is 6.04 Å². The molecule has 1 fully saturated rings. The summed E-state index contributed by atoms with van der Waals surface area (Å²) in [6.07, 6.45) is 4.18. The second-order valence-corrected chi connectivity index (χ2v) is 7.29. The van der Waals surface area contributed by atoms with Gasteiger partial charge in [0.15, 0.2) is 0 Å². The van der Waals surface area contributed by atoms with Crippen molar-refractivity contribution in [3.8, 4) is 0 Å². The summed E-state index contributed by atoms with van der Waals surface area (Å²) in [5.74, 6) is 0.365. The summed E-state index contributed by atoms with van der Waals surface area (Å²) in [4.78, 5) is 0. The monoisotopic (exact) mass is 276 g/mol. The van der Waals surface area contributed by atoms with Crippen molar-refractivity contribution in [2.45, 2.75) is 43.0 Å². The van der Waals surface area contributed by atoms with Gasteiger partial charge in [-0.05, 0) is 18.8 Å². The van der Waals surface area contributed by atoms with E-state index in [9.17, 15) is 8.42 Å². The van der Waals surface area contributed by atoms with Crippen LogP contribution in [0.3, 0.4) is 0 Å². The predicted octanol–water partition coefficient (Wildman–Crippen LogP) is 0.977. The Balaban J connectivity index is 2.11. The molecule has 0 amide bonds. The van der Waals surface area contributed by atoms with Crippen molar-refractivity contribution in [3.63, 3.8) is 0 Å². The van der Waals surface area contributed by atoms with Gasteiger partial charge in [0.05, 0.1) is 0 Å². The fourth-order valence-corrected chi connectivity index (χ4v) is 4.25. The third-order valence-electron chi connectivity index (χ3n) is 3.07. The lowest BCUT2D eigenvalue weighted by molar-refractivity contribution is 0.310. The Morgan fingerprint density at radius 1 is 1.35 bits per heavy atom. The molecule has 0 aromatic carbocycles. The maximum absolute atomic E-state index is 12.0. The summed E-state index contributed by atoms with van der Waals surface area (Å²) >= 11 is 0.890. The van der Waals surface area contributed by atoms with E-state index in [1.54, 1.807) is 0 Å². The van der Waals surface area contributed by atoms with Crippen LogP contribution in [0.1, 0.15) is 32.6 Å². The number of nitrogens with two attached hydrogens (primary N) is 1. The van der Waals surface area contributed by atoms with E-state index in [4.69, 9.17) is 5.73 Å². The molecule has 0 saturated heterocycles. The van der Waals surface area contributed by atoms with Crippen LogP contribution in [0.5, 0.6) is 0 Å². The second kappa shape index (κ2) is 4.87. The van der Waals surface area contributed by atoms with Crippen LogP contribution in [0, 0.1) is 5.92 Å². The SMILES string of the molecule is CC1CCCCC1NS(=O)(=O)c1nnc(N)s1. The topological polar surface area (TPSA) is 98.0 Å². The number of rotatable bonds is 3. The zero-order valence-electron chi connectivity index (χ0n) is 9.59. The van der Waals surface area contributed by atoms with Gasteiger partial charge in [-0.3, -0.25) is 0 Å². The van der Waals surface area contributed by atoms with Crippen LogP contribution in [0.15, 0.2) is 4.34 Å². The molecule has 3 N–H and O–H groups in total. The minimum Gasteiger partial charge on any atom is -0.374 e. The second-order valence-electron chi connectivity index (χ2n) is 4.40. The summed E-state index contributed by atoms with van der Waals surface area (Å²) in [5, 5.41) is 7.26. The Morgan fingerprint density at radius 3 is 2.65 bits per heavy atom. The Morgan fingerprint density at radius 2 is 2.06 bits per heavy atom. The molecular weight excluding hydrogens is 260 g/mol. The van der Waals surface area contributed by atoms with Crippen LogP contribution < -0.4 is 10.5 Å². The van der Waals surface area contributed by atoms with E-state index in [2.05, 4.69) is 21.8 Å². The molecule has 0 spiro atoms. The average molecular weight is 276 g/mol. The molecule has 1 aromatic rings. The number of nitrogens with one attached hydrogen (secondary N) is 1. The summed E-state index contributed by atoms with van der Waals surface area (Å²) in [6.45, 7) is 2.07. The van der Waals surface area contributed by atoms with E-state index in [0.29, 0.717) is 5.92 Å². The molecule has 1 aromatic heterocycles. The van der Waals surface area contributed by atoms with Crippen LogP contribution >= 0.6 is 11.3 Å². The molecule has 1 aliphatic rings. The van der Waals surface area contributed by atoms with Crippen LogP contribution in [0.2, 0.25) is 0 Å². The third kappa shape index (κ3) is 2.93. The lowest BCUT2D eigenvalue weighted by Gasteiger charge is -2.28. The van der Waals surface area contributed by atoms with E-state index in [-0.39, 0.29) is 15.5 Å². The Labute approximate surface area is 105 Å². The van der Waals surface area contributed by atoms with Gasteiger partial charge in [0.25, 0.3) is 10.0 Å². The van der Waals surface area contributed by atoms with E-state index < -0.39 is 10.0 Å². The summed E-state index contributed by atoms with van der Waals surface area (Å²) in [6, 6.07) is -0.00104. The zero-order valence-corrected chi connectivity index (χ0v) is 11.2. The Hall–Kier alpha value is -0.730. The van der Waals surface area contributed by atoms with Crippen LogP contribution in [-0.2, 0) is 10.0 Å². The van der Waals surface area contributed by atoms with Crippen molar-refractivity contribution in [1.82, 2.24) is 14.9 Å². The van der Waals surface area contributed by atoms with Crippen molar-refractivity contribution in [3.05, 3.63) is 0 Å². The highest BCUT2D eigenvalue weighted by atomic mass is 32.2. The minimum absolute atomic E-state index is 0.00104. The van der Waals surface area contributed by atoms with Gasteiger partial charge in [-0.25, -0.2) is 13.1 Å². The summed E-state index contributed by atoms with van der Waals surface area (Å²) in [5.41, 5.74) is 5.39. The predicted molar refractivity (Wildman–Crippen MR) is 66.1 cm³/mol. The lowest BCUT2D eigenvalue weighted by Crippen LogP contribution is -2.40. The maximum Gasteiger partial charge on any atom is 0.270 e. The Kier molecular flexibility index (Phi) is 3.64. The maximum atomic E-state index is 12.0. The first-order valence-corrected chi connectivity index (χ1v) is 7.90. The molecule has 1 aliphatic carbocycles. The highest BCUT2D eigenvalue weighted by Gasteiger charge is 2.28. The van der Waals surface area contributed by atoms with Gasteiger partial charge in [-0.1, -0.05) is 31.1 Å². The van der Waals surface area contributed by atoms with Crippen molar-refractivity contribution in [1.29, 1.82) is 0 Å². The van der Waals surface area contributed by atoms with Crippen molar-refractivity contribution < 1.29 is 8.42 Å². The highest BCUT2D eigenvalue weighted by molar-refractivity contribution is 7.91. The van der Waals surface area contributed by atoms with Crippen LogP contribution in [0.4, 0.5) is 5.13 Å². The van der Waals surface area contributed by atoms with Gasteiger partial charge in [0.1, 0.15) is 0 Å². The normalized spacial score (nSPS) is 25.9. The molecule has 1 heterocycles. The molecule has 8 heteroatoms. The first kappa shape index (κ1) is 12.7. The van der Waals surface area contributed by atoms with Gasteiger partial charge in [-0.2, -0.15) is 0 Å². The first-order valence-electron chi connectivity index (χ1n) is 5.60. The summed E-state index contributed by atoms with van der Waals surface area (Å²) < 4.78 is 26.7. The van der Waals surface area contributed by atoms with E-state index in [1.807, 2.05) is 0 Å². The van der Waals surface area contributed by atoms with Crippen LogP contribution in [0.25, 0.3) is 0 Å². The average Bonchev–Trinajstić information content (AvgIpc) is 2.69. The molecule has 0 radical (unpaired) electrons. The Bertz CT molecular complexity index is 485. The molecule has 2 rings (SSSR count). The molecule has 0 bridgehead atoms. The smallest absolute Gasteiger partial charge is 0.270 e. The molecule has 2 atom stereocenters. The fourth-order valence-electron chi connectivity index (χ4n) is 2.07. The molecule has 6 nitrogen and oxygen atoms in total. The molecule has 1 saturated carbocycles. The number of sulfonamides is 1. The molecule has 2 unspecified atom stereocenters. The third-order valence-corrected chi connectivity index (χ3v) is 5.68. The molecule has 0 aliphatic heterocycles. The van der Waals surface area contributed by atoms with Gasteiger partial charge in [0.2, 0.25) is 9.47 Å². The lowest BCUT2D eigenvalue weighted by atomic mass is 9.87. The van der Waals surface area contributed by atoms with E-state index in [1.165, 1.54) is 6.42 Å². The number of hydrogen-bond donors (Lipinski definition) is 2. The number of nitrogens with zero attached hydrogens (tertiary/aromatic N) is 2. The highest BCUT2D eigenvalue weighted by Crippen LogP contribution is 2.26. The van der Waals surface area contributed by atoms with E-state index >= 15 is 0 Å².